The maximum atomic E-state index is 8.48. The Labute approximate surface area is 79.9 Å². The van der Waals surface area contributed by atoms with Crippen LogP contribution in [-0.2, 0) is 0 Å². The number of nitrogens with zero attached hydrogens (tertiary/aromatic N) is 2. The van der Waals surface area contributed by atoms with Gasteiger partial charge in [0.05, 0.1) is 12.5 Å². The highest BCUT2D eigenvalue weighted by atomic mass is 32.2. The molecule has 0 aliphatic rings. The summed E-state index contributed by atoms with van der Waals surface area (Å²) in [4.78, 5) is 2.24. The first-order valence-electron chi connectivity index (χ1n) is 4.37. The molecule has 0 saturated carbocycles. The summed E-state index contributed by atoms with van der Waals surface area (Å²) in [6, 6.07) is 2.59. The Morgan fingerprint density at radius 2 is 2.25 bits per heavy atom. The van der Waals surface area contributed by atoms with Gasteiger partial charge < -0.3 is 4.90 Å². The van der Waals surface area contributed by atoms with E-state index < -0.39 is 0 Å². The van der Waals surface area contributed by atoms with Gasteiger partial charge in [0.15, 0.2) is 0 Å². The van der Waals surface area contributed by atoms with Crippen LogP contribution in [0, 0.1) is 11.3 Å². The van der Waals surface area contributed by atoms with Crippen LogP contribution in [0.2, 0.25) is 0 Å². The van der Waals surface area contributed by atoms with Crippen LogP contribution in [0.3, 0.4) is 0 Å². The summed E-state index contributed by atoms with van der Waals surface area (Å²) in [5.41, 5.74) is 0. The van der Waals surface area contributed by atoms with E-state index in [4.69, 9.17) is 5.26 Å². The Kier molecular flexibility index (Phi) is 7.33. The number of rotatable bonds is 6. The fourth-order valence-electron chi connectivity index (χ4n) is 0.861. The van der Waals surface area contributed by atoms with Crippen LogP contribution in [0.1, 0.15) is 20.3 Å². The van der Waals surface area contributed by atoms with Gasteiger partial charge in [-0.3, -0.25) is 0 Å². The van der Waals surface area contributed by atoms with Crippen molar-refractivity contribution in [2.24, 2.45) is 0 Å². The van der Waals surface area contributed by atoms with Crippen molar-refractivity contribution in [2.45, 2.75) is 26.3 Å². The summed E-state index contributed by atoms with van der Waals surface area (Å²) in [6.07, 6.45) is 0.632. The van der Waals surface area contributed by atoms with E-state index in [0.717, 1.165) is 6.54 Å². The molecule has 0 aromatic rings. The predicted molar refractivity (Wildman–Crippen MR) is 55.3 cm³/mol. The van der Waals surface area contributed by atoms with Crippen LogP contribution in [0.25, 0.3) is 0 Å². The van der Waals surface area contributed by atoms with Crippen molar-refractivity contribution < 1.29 is 0 Å². The molecule has 1 unspecified atom stereocenters. The minimum atomic E-state index is 0.396. The van der Waals surface area contributed by atoms with Crippen LogP contribution < -0.4 is 0 Å². The zero-order chi connectivity index (χ0) is 9.40. The number of hydrogen-bond acceptors (Lipinski definition) is 3. The topological polar surface area (TPSA) is 27.0 Å². The Balaban J connectivity index is 3.43. The lowest BCUT2D eigenvalue weighted by Gasteiger charge is -2.21. The molecule has 0 amide bonds. The van der Waals surface area contributed by atoms with Gasteiger partial charge >= 0.3 is 0 Å². The van der Waals surface area contributed by atoms with Crippen molar-refractivity contribution in [3.8, 4) is 6.07 Å². The summed E-state index contributed by atoms with van der Waals surface area (Å²) in [5, 5.41) is 8.48. The van der Waals surface area contributed by atoms with E-state index in [0.29, 0.717) is 12.5 Å². The van der Waals surface area contributed by atoms with Gasteiger partial charge in [-0.2, -0.15) is 17.0 Å². The summed E-state index contributed by atoms with van der Waals surface area (Å²) in [7, 11) is 2.08. The Morgan fingerprint density at radius 3 is 2.75 bits per heavy atom. The van der Waals surface area contributed by atoms with Crippen molar-refractivity contribution in [3.63, 3.8) is 0 Å². The van der Waals surface area contributed by atoms with Crippen LogP contribution in [0.4, 0.5) is 0 Å². The molecule has 0 heterocycles. The van der Waals surface area contributed by atoms with E-state index in [9.17, 15) is 0 Å². The Morgan fingerprint density at radius 1 is 1.58 bits per heavy atom. The highest BCUT2D eigenvalue weighted by Gasteiger charge is 2.06. The van der Waals surface area contributed by atoms with Crippen molar-refractivity contribution in [1.82, 2.24) is 4.90 Å². The van der Waals surface area contributed by atoms with Gasteiger partial charge in [0.25, 0.3) is 0 Å². The van der Waals surface area contributed by atoms with Gasteiger partial charge in [-0.1, -0.05) is 6.92 Å². The normalized spacial score (nSPS) is 12.9. The van der Waals surface area contributed by atoms with Crippen LogP contribution in [-0.4, -0.2) is 36.0 Å². The molecule has 0 radical (unpaired) electrons. The highest BCUT2D eigenvalue weighted by molar-refractivity contribution is 7.99. The van der Waals surface area contributed by atoms with Crippen molar-refractivity contribution in [2.75, 3.05) is 25.1 Å². The Bertz CT molecular complexity index is 142. The molecule has 2 nitrogen and oxygen atoms in total. The molecule has 0 bridgehead atoms. The fraction of sp³-hybridized carbons (Fsp3) is 0.889. The van der Waals surface area contributed by atoms with Gasteiger partial charge in [0.2, 0.25) is 0 Å². The van der Waals surface area contributed by atoms with E-state index in [1.165, 1.54) is 11.5 Å². The second kappa shape index (κ2) is 7.45. The first-order chi connectivity index (χ1) is 5.72. The fourth-order valence-corrected chi connectivity index (χ4v) is 1.57. The lowest BCUT2D eigenvalue weighted by atomic mass is 10.2. The first-order valence-corrected chi connectivity index (χ1v) is 5.52. The molecule has 1 atom stereocenters. The first kappa shape index (κ1) is 11.8. The largest absolute Gasteiger partial charge is 0.302 e. The lowest BCUT2D eigenvalue weighted by molar-refractivity contribution is 0.277. The minimum absolute atomic E-state index is 0.396. The third-order valence-electron chi connectivity index (χ3n) is 1.93. The molecule has 0 rings (SSSR count). The summed E-state index contributed by atoms with van der Waals surface area (Å²) < 4.78 is 0. The SMILES string of the molecule is CCSCCN(C)C(C)CC#N. The van der Waals surface area contributed by atoms with Crippen molar-refractivity contribution in [3.05, 3.63) is 0 Å². The van der Waals surface area contributed by atoms with Crippen molar-refractivity contribution in [1.29, 1.82) is 5.26 Å². The van der Waals surface area contributed by atoms with Gasteiger partial charge in [0.1, 0.15) is 0 Å². The van der Waals surface area contributed by atoms with E-state index >= 15 is 0 Å². The molecule has 0 N–H and O–H groups in total. The number of thioether (sulfide) groups is 1. The third kappa shape index (κ3) is 5.45. The smallest absolute Gasteiger partial charge is 0.0638 e. The molecule has 0 aliphatic heterocycles. The lowest BCUT2D eigenvalue weighted by Crippen LogP contribution is -2.30. The second-order valence-electron chi connectivity index (χ2n) is 2.89. The quantitative estimate of drug-likeness (QED) is 0.593. The predicted octanol–water partition coefficient (Wildman–Crippen LogP) is 1.97. The molecule has 0 aliphatic carbocycles. The van der Waals surface area contributed by atoms with Gasteiger partial charge in [-0.15, -0.1) is 0 Å². The number of hydrogen-bond donors (Lipinski definition) is 0. The summed E-state index contributed by atoms with van der Waals surface area (Å²) in [5.74, 6) is 2.35. The van der Waals surface area contributed by atoms with Crippen molar-refractivity contribution >= 4 is 11.8 Å². The molecular formula is C9H18N2S. The molecule has 0 spiro atoms. The van der Waals surface area contributed by atoms with E-state index in [1.54, 1.807) is 0 Å². The van der Waals surface area contributed by atoms with Gasteiger partial charge in [-0.25, -0.2) is 0 Å². The molecular weight excluding hydrogens is 168 g/mol. The second-order valence-corrected chi connectivity index (χ2v) is 4.28. The molecule has 12 heavy (non-hydrogen) atoms. The molecule has 70 valence electrons. The Hall–Kier alpha value is -0.200. The standard InChI is InChI=1S/C9H18N2S/c1-4-12-8-7-11(3)9(2)5-6-10/h9H,4-5,7-8H2,1-3H3. The molecule has 0 aromatic heterocycles. The van der Waals surface area contributed by atoms with Crippen LogP contribution in [0.15, 0.2) is 0 Å². The van der Waals surface area contributed by atoms with Gasteiger partial charge in [-0.05, 0) is 19.7 Å². The van der Waals surface area contributed by atoms with Crippen LogP contribution in [0.5, 0.6) is 0 Å². The average Bonchev–Trinajstić information content (AvgIpc) is 2.05. The zero-order valence-electron chi connectivity index (χ0n) is 8.21. The average molecular weight is 186 g/mol. The van der Waals surface area contributed by atoms with E-state index in [-0.39, 0.29) is 0 Å². The molecule has 3 heteroatoms. The van der Waals surface area contributed by atoms with E-state index in [2.05, 4.69) is 31.9 Å². The van der Waals surface area contributed by atoms with Crippen LogP contribution >= 0.6 is 11.8 Å². The van der Waals surface area contributed by atoms with Gasteiger partial charge in [0, 0.05) is 18.3 Å². The molecule has 0 fully saturated rings. The maximum absolute atomic E-state index is 8.48. The highest BCUT2D eigenvalue weighted by Crippen LogP contribution is 2.03. The maximum Gasteiger partial charge on any atom is 0.0638 e. The zero-order valence-corrected chi connectivity index (χ0v) is 9.02. The van der Waals surface area contributed by atoms with E-state index in [1.807, 2.05) is 11.8 Å². The molecule has 0 aromatic carbocycles. The summed E-state index contributed by atoms with van der Waals surface area (Å²) in [6.45, 7) is 5.35. The minimum Gasteiger partial charge on any atom is -0.302 e. The molecule has 0 saturated heterocycles. The third-order valence-corrected chi connectivity index (χ3v) is 2.81. The number of nitriles is 1. The summed E-state index contributed by atoms with van der Waals surface area (Å²) >= 11 is 1.95. The monoisotopic (exact) mass is 186 g/mol.